The molecule has 7 heteroatoms. The molecule has 0 heterocycles. The predicted octanol–water partition coefficient (Wildman–Crippen LogP) is 1.33. The molecule has 0 saturated heterocycles. The summed E-state index contributed by atoms with van der Waals surface area (Å²) in [6.07, 6.45) is -0.391. The Morgan fingerprint density at radius 2 is 1.95 bits per heavy atom. The molecule has 0 unspecified atom stereocenters. The van der Waals surface area contributed by atoms with Gasteiger partial charge in [-0.1, -0.05) is 0 Å². The van der Waals surface area contributed by atoms with E-state index in [9.17, 15) is 14.9 Å². The van der Waals surface area contributed by atoms with E-state index < -0.39 is 17.0 Å². The van der Waals surface area contributed by atoms with E-state index in [1.807, 2.05) is 19.0 Å². The Morgan fingerprint density at radius 1 is 1.35 bits per heavy atom. The second kappa shape index (κ2) is 7.56. The average molecular weight is 282 g/mol. The predicted molar refractivity (Wildman–Crippen MR) is 72.7 cm³/mol. The van der Waals surface area contributed by atoms with Crippen molar-refractivity contribution in [2.75, 3.05) is 34.4 Å². The molecular formula is C13H18N2O5. The first-order valence-corrected chi connectivity index (χ1v) is 6.03. The van der Waals surface area contributed by atoms with Crippen molar-refractivity contribution in [3.63, 3.8) is 0 Å². The summed E-state index contributed by atoms with van der Waals surface area (Å²) in [4.78, 5) is 23.8. The summed E-state index contributed by atoms with van der Waals surface area (Å²) in [5.74, 6) is -0.524. The Hall–Kier alpha value is -1.99. The van der Waals surface area contributed by atoms with Gasteiger partial charge in [-0.25, -0.2) is 4.79 Å². The molecule has 0 N–H and O–H groups in total. The summed E-state index contributed by atoms with van der Waals surface area (Å²) >= 11 is 0. The molecule has 0 aliphatic heterocycles. The van der Waals surface area contributed by atoms with Crippen LogP contribution in [0, 0.1) is 10.1 Å². The fourth-order valence-electron chi connectivity index (χ4n) is 1.66. The van der Waals surface area contributed by atoms with Gasteiger partial charge in [-0.2, -0.15) is 0 Å². The van der Waals surface area contributed by atoms with Crippen molar-refractivity contribution in [1.82, 2.24) is 4.90 Å². The van der Waals surface area contributed by atoms with Crippen LogP contribution in [0.4, 0.5) is 5.69 Å². The second-order valence-electron chi connectivity index (χ2n) is 4.55. The Balaban J connectivity index is 2.70. The van der Waals surface area contributed by atoms with Gasteiger partial charge < -0.3 is 14.4 Å². The van der Waals surface area contributed by atoms with Crippen molar-refractivity contribution >= 4 is 11.7 Å². The molecule has 0 aliphatic carbocycles. The Labute approximate surface area is 117 Å². The zero-order valence-electron chi connectivity index (χ0n) is 11.7. The molecule has 0 spiro atoms. The third kappa shape index (κ3) is 4.94. The standard InChI is InChI=1S/C13H18N2O5/c1-14(2)8-12(9-19-3)20-13(16)10-4-6-11(7-5-10)15(17)18/h4-7,12H,8-9H2,1-3H3/t12-/m1/s1. The first-order valence-electron chi connectivity index (χ1n) is 6.03. The topological polar surface area (TPSA) is 81.9 Å². The molecule has 1 aromatic rings. The Morgan fingerprint density at radius 3 is 2.40 bits per heavy atom. The van der Waals surface area contributed by atoms with Crippen molar-refractivity contribution in [2.45, 2.75) is 6.10 Å². The normalized spacial score (nSPS) is 12.2. The van der Waals surface area contributed by atoms with E-state index in [-0.39, 0.29) is 17.9 Å². The van der Waals surface area contributed by atoms with Crippen LogP contribution in [0.15, 0.2) is 24.3 Å². The van der Waals surface area contributed by atoms with Gasteiger partial charge in [0.05, 0.1) is 17.1 Å². The molecular weight excluding hydrogens is 264 g/mol. The van der Waals surface area contributed by atoms with Crippen LogP contribution in [-0.2, 0) is 9.47 Å². The number of ether oxygens (including phenoxy) is 2. The van der Waals surface area contributed by atoms with E-state index in [0.717, 1.165) is 0 Å². The number of nitro groups is 1. The van der Waals surface area contributed by atoms with Crippen molar-refractivity contribution < 1.29 is 19.2 Å². The van der Waals surface area contributed by atoms with Crippen LogP contribution in [0.3, 0.4) is 0 Å². The molecule has 1 atom stereocenters. The second-order valence-corrected chi connectivity index (χ2v) is 4.55. The highest BCUT2D eigenvalue weighted by molar-refractivity contribution is 5.89. The van der Waals surface area contributed by atoms with Crippen LogP contribution in [0.25, 0.3) is 0 Å². The fraction of sp³-hybridized carbons (Fsp3) is 0.462. The summed E-state index contributed by atoms with van der Waals surface area (Å²) in [7, 11) is 5.26. The number of methoxy groups -OCH3 is 1. The third-order valence-electron chi connectivity index (χ3n) is 2.51. The highest BCUT2D eigenvalue weighted by atomic mass is 16.6. The van der Waals surface area contributed by atoms with Crippen molar-refractivity contribution in [3.05, 3.63) is 39.9 Å². The van der Waals surface area contributed by atoms with E-state index in [2.05, 4.69) is 0 Å². The van der Waals surface area contributed by atoms with Crippen LogP contribution in [0.1, 0.15) is 10.4 Å². The maximum atomic E-state index is 11.9. The SMILES string of the molecule is COC[C@@H](CN(C)C)OC(=O)c1ccc([N+](=O)[O-])cc1. The summed E-state index contributed by atoms with van der Waals surface area (Å²) in [6, 6.07) is 5.29. The van der Waals surface area contributed by atoms with Crippen LogP contribution in [0.2, 0.25) is 0 Å². The number of carbonyl (C=O) groups is 1. The zero-order chi connectivity index (χ0) is 15.1. The van der Waals surface area contributed by atoms with Crippen molar-refractivity contribution in [2.24, 2.45) is 0 Å². The van der Waals surface area contributed by atoms with Gasteiger partial charge in [-0.3, -0.25) is 10.1 Å². The third-order valence-corrected chi connectivity index (χ3v) is 2.51. The number of esters is 1. The smallest absolute Gasteiger partial charge is 0.338 e. The molecule has 0 saturated carbocycles. The van der Waals surface area contributed by atoms with Gasteiger partial charge in [0.2, 0.25) is 0 Å². The maximum absolute atomic E-state index is 11.9. The van der Waals surface area contributed by atoms with Gasteiger partial charge in [-0.05, 0) is 26.2 Å². The van der Waals surface area contributed by atoms with Gasteiger partial charge in [0, 0.05) is 25.8 Å². The molecule has 0 radical (unpaired) electrons. The van der Waals surface area contributed by atoms with Gasteiger partial charge in [0.15, 0.2) is 0 Å². The Kier molecular flexibility index (Phi) is 6.08. The molecule has 1 aromatic carbocycles. The summed E-state index contributed by atoms with van der Waals surface area (Å²) in [5, 5.41) is 10.5. The number of hydrogen-bond acceptors (Lipinski definition) is 6. The van der Waals surface area contributed by atoms with Gasteiger partial charge in [0.1, 0.15) is 6.10 Å². The summed E-state index contributed by atoms with van der Waals surface area (Å²) < 4.78 is 10.3. The first-order chi connectivity index (χ1) is 9.43. The minimum atomic E-state index is -0.524. The van der Waals surface area contributed by atoms with Gasteiger partial charge >= 0.3 is 5.97 Å². The number of nitrogens with zero attached hydrogens (tertiary/aromatic N) is 2. The number of non-ortho nitro benzene ring substituents is 1. The van der Waals surface area contributed by atoms with Crippen molar-refractivity contribution in [1.29, 1.82) is 0 Å². The molecule has 0 amide bonds. The lowest BCUT2D eigenvalue weighted by Crippen LogP contribution is -2.33. The lowest BCUT2D eigenvalue weighted by Gasteiger charge is -2.20. The monoisotopic (exact) mass is 282 g/mol. The first kappa shape index (κ1) is 16.1. The largest absolute Gasteiger partial charge is 0.455 e. The number of hydrogen-bond donors (Lipinski definition) is 0. The average Bonchev–Trinajstić information content (AvgIpc) is 2.38. The number of rotatable bonds is 7. The molecule has 0 aromatic heterocycles. The highest BCUT2D eigenvalue weighted by Gasteiger charge is 2.17. The molecule has 20 heavy (non-hydrogen) atoms. The summed E-state index contributed by atoms with van der Waals surface area (Å²) in [5.41, 5.74) is 0.207. The number of likely N-dealkylation sites (N-methyl/N-ethyl adjacent to an activating group) is 1. The number of benzene rings is 1. The van der Waals surface area contributed by atoms with E-state index in [1.165, 1.54) is 31.4 Å². The lowest BCUT2D eigenvalue weighted by molar-refractivity contribution is -0.384. The van der Waals surface area contributed by atoms with Gasteiger partial charge in [-0.15, -0.1) is 0 Å². The number of carbonyl (C=O) groups excluding carboxylic acids is 1. The van der Waals surface area contributed by atoms with E-state index in [0.29, 0.717) is 6.54 Å². The van der Waals surface area contributed by atoms with Crippen LogP contribution < -0.4 is 0 Å². The summed E-state index contributed by atoms with van der Waals surface area (Å²) in [6.45, 7) is 0.823. The molecule has 7 nitrogen and oxygen atoms in total. The quantitative estimate of drug-likeness (QED) is 0.426. The number of nitro benzene ring substituents is 1. The minimum Gasteiger partial charge on any atom is -0.455 e. The van der Waals surface area contributed by atoms with Crippen LogP contribution in [0.5, 0.6) is 0 Å². The van der Waals surface area contributed by atoms with Crippen LogP contribution in [-0.4, -0.2) is 56.3 Å². The lowest BCUT2D eigenvalue weighted by atomic mass is 10.2. The van der Waals surface area contributed by atoms with E-state index in [1.54, 1.807) is 0 Å². The fourth-order valence-corrected chi connectivity index (χ4v) is 1.66. The molecule has 0 aliphatic rings. The molecule has 1 rings (SSSR count). The van der Waals surface area contributed by atoms with Crippen molar-refractivity contribution in [3.8, 4) is 0 Å². The maximum Gasteiger partial charge on any atom is 0.338 e. The zero-order valence-corrected chi connectivity index (χ0v) is 11.7. The van der Waals surface area contributed by atoms with Gasteiger partial charge in [0.25, 0.3) is 5.69 Å². The molecule has 0 fully saturated rings. The van der Waals surface area contributed by atoms with Crippen LogP contribution >= 0.6 is 0 Å². The van der Waals surface area contributed by atoms with E-state index >= 15 is 0 Å². The minimum absolute atomic E-state index is 0.0664. The highest BCUT2D eigenvalue weighted by Crippen LogP contribution is 2.13. The Bertz CT molecular complexity index is 458. The molecule has 110 valence electrons. The molecule has 0 bridgehead atoms. The van der Waals surface area contributed by atoms with E-state index in [4.69, 9.17) is 9.47 Å².